The SMILES string of the molecule is CC(Oc1ccc(F)cc1)C(=O)NNC(=O)CNC(=O)c1ccc(-c2ccccc2)cc1. The molecule has 0 aliphatic rings. The van der Waals surface area contributed by atoms with Gasteiger partial charge >= 0.3 is 0 Å². The highest BCUT2D eigenvalue weighted by molar-refractivity contribution is 5.97. The zero-order chi connectivity index (χ0) is 22.9. The van der Waals surface area contributed by atoms with Crippen LogP contribution in [0.25, 0.3) is 11.1 Å². The summed E-state index contributed by atoms with van der Waals surface area (Å²) in [4.78, 5) is 36.2. The molecule has 3 aromatic carbocycles. The second-order valence-electron chi connectivity index (χ2n) is 6.88. The molecule has 0 fully saturated rings. The third kappa shape index (κ3) is 6.40. The largest absolute Gasteiger partial charge is 0.481 e. The van der Waals surface area contributed by atoms with Crippen molar-refractivity contribution in [2.45, 2.75) is 13.0 Å². The molecule has 3 rings (SSSR count). The van der Waals surface area contributed by atoms with Crippen molar-refractivity contribution in [1.29, 1.82) is 0 Å². The van der Waals surface area contributed by atoms with Gasteiger partial charge in [-0.15, -0.1) is 0 Å². The van der Waals surface area contributed by atoms with Crippen LogP contribution in [0.4, 0.5) is 4.39 Å². The Balaban J connectivity index is 1.41. The minimum Gasteiger partial charge on any atom is -0.481 e. The molecule has 32 heavy (non-hydrogen) atoms. The molecule has 0 heterocycles. The highest BCUT2D eigenvalue weighted by Crippen LogP contribution is 2.19. The standard InChI is InChI=1S/C24H22FN3O4/c1-16(32-21-13-11-20(25)12-14-21)23(30)28-27-22(29)15-26-24(31)19-9-7-18(8-10-19)17-5-3-2-4-6-17/h2-14,16H,15H2,1H3,(H,26,31)(H,27,29)(H,28,30). The summed E-state index contributed by atoms with van der Waals surface area (Å²) in [6, 6.07) is 21.9. The van der Waals surface area contributed by atoms with Crippen LogP contribution in [-0.2, 0) is 9.59 Å². The molecule has 1 unspecified atom stereocenters. The number of hydrogen-bond donors (Lipinski definition) is 3. The summed E-state index contributed by atoms with van der Waals surface area (Å²) in [5.74, 6) is -1.74. The molecule has 0 aliphatic carbocycles. The topological polar surface area (TPSA) is 96.5 Å². The zero-order valence-corrected chi connectivity index (χ0v) is 17.3. The normalized spacial score (nSPS) is 11.2. The van der Waals surface area contributed by atoms with Crippen molar-refractivity contribution in [2.75, 3.05) is 6.54 Å². The Hall–Kier alpha value is -4.20. The van der Waals surface area contributed by atoms with E-state index in [0.29, 0.717) is 11.3 Å². The lowest BCUT2D eigenvalue weighted by Crippen LogP contribution is -2.50. The number of rotatable bonds is 7. The predicted octanol–water partition coefficient (Wildman–Crippen LogP) is 2.84. The van der Waals surface area contributed by atoms with Gasteiger partial charge in [0.05, 0.1) is 6.54 Å². The zero-order valence-electron chi connectivity index (χ0n) is 17.3. The summed E-state index contributed by atoms with van der Waals surface area (Å²) >= 11 is 0. The molecule has 1 atom stereocenters. The van der Waals surface area contributed by atoms with Crippen LogP contribution in [0.15, 0.2) is 78.9 Å². The van der Waals surface area contributed by atoms with E-state index in [1.807, 2.05) is 42.5 Å². The molecule has 0 saturated carbocycles. The number of carbonyl (C=O) groups excluding carboxylic acids is 3. The first-order valence-corrected chi connectivity index (χ1v) is 9.87. The van der Waals surface area contributed by atoms with E-state index in [4.69, 9.17) is 4.74 Å². The molecule has 164 valence electrons. The summed E-state index contributed by atoms with van der Waals surface area (Å²) in [5, 5.41) is 2.49. The number of amides is 3. The van der Waals surface area contributed by atoms with Gasteiger partial charge in [0.2, 0.25) is 0 Å². The van der Waals surface area contributed by atoms with E-state index in [-0.39, 0.29) is 6.54 Å². The Morgan fingerprint density at radius 1 is 0.844 bits per heavy atom. The van der Waals surface area contributed by atoms with Crippen molar-refractivity contribution in [3.05, 3.63) is 90.2 Å². The van der Waals surface area contributed by atoms with Crippen molar-refractivity contribution >= 4 is 17.7 Å². The fraction of sp³-hybridized carbons (Fsp3) is 0.125. The van der Waals surface area contributed by atoms with Gasteiger partial charge in [-0.05, 0) is 54.4 Å². The monoisotopic (exact) mass is 435 g/mol. The molecule has 0 spiro atoms. The van der Waals surface area contributed by atoms with Gasteiger partial charge in [0.25, 0.3) is 17.7 Å². The summed E-state index contributed by atoms with van der Waals surface area (Å²) < 4.78 is 18.3. The molecule has 7 nitrogen and oxygen atoms in total. The minimum absolute atomic E-state index is 0.311. The number of hydrazine groups is 1. The first kappa shape index (κ1) is 22.5. The molecule has 3 amide bonds. The van der Waals surface area contributed by atoms with Gasteiger partial charge < -0.3 is 10.1 Å². The number of nitrogens with one attached hydrogen (secondary N) is 3. The average molecular weight is 435 g/mol. The lowest BCUT2D eigenvalue weighted by molar-refractivity contribution is -0.132. The van der Waals surface area contributed by atoms with Gasteiger partial charge in [-0.2, -0.15) is 0 Å². The number of ether oxygens (including phenoxy) is 1. The lowest BCUT2D eigenvalue weighted by Gasteiger charge is -2.15. The number of benzene rings is 3. The molecule has 3 aromatic rings. The van der Waals surface area contributed by atoms with Crippen molar-refractivity contribution in [1.82, 2.24) is 16.2 Å². The smallest absolute Gasteiger partial charge is 0.279 e. The quantitative estimate of drug-likeness (QED) is 0.497. The summed E-state index contributed by atoms with van der Waals surface area (Å²) in [5.41, 5.74) is 6.83. The fourth-order valence-corrected chi connectivity index (χ4v) is 2.76. The maximum atomic E-state index is 12.9. The molecule has 0 aliphatic heterocycles. The van der Waals surface area contributed by atoms with Crippen molar-refractivity contribution in [3.8, 4) is 16.9 Å². The van der Waals surface area contributed by atoms with Gasteiger partial charge in [0, 0.05) is 5.56 Å². The highest BCUT2D eigenvalue weighted by atomic mass is 19.1. The molecule has 8 heteroatoms. The van der Waals surface area contributed by atoms with E-state index >= 15 is 0 Å². The van der Waals surface area contributed by atoms with Crippen LogP contribution in [0.3, 0.4) is 0 Å². The maximum Gasteiger partial charge on any atom is 0.279 e. The Bertz CT molecular complexity index is 1070. The van der Waals surface area contributed by atoms with Crippen molar-refractivity contribution in [2.24, 2.45) is 0 Å². The van der Waals surface area contributed by atoms with E-state index in [1.54, 1.807) is 12.1 Å². The van der Waals surface area contributed by atoms with E-state index in [0.717, 1.165) is 11.1 Å². The second kappa shape index (κ2) is 10.7. The molecule has 0 bridgehead atoms. The van der Waals surface area contributed by atoms with Crippen LogP contribution in [0.1, 0.15) is 17.3 Å². The average Bonchev–Trinajstić information content (AvgIpc) is 2.83. The van der Waals surface area contributed by atoms with Crippen LogP contribution in [0.2, 0.25) is 0 Å². The minimum atomic E-state index is -0.932. The Morgan fingerprint density at radius 2 is 1.47 bits per heavy atom. The van der Waals surface area contributed by atoms with E-state index in [1.165, 1.54) is 31.2 Å². The van der Waals surface area contributed by atoms with Crippen molar-refractivity contribution in [3.63, 3.8) is 0 Å². The molecule has 0 saturated heterocycles. The Labute approximate surface area is 184 Å². The van der Waals surface area contributed by atoms with Crippen LogP contribution in [0.5, 0.6) is 5.75 Å². The molecule has 0 aromatic heterocycles. The maximum absolute atomic E-state index is 12.9. The summed E-state index contributed by atoms with van der Waals surface area (Å²) in [7, 11) is 0. The van der Waals surface area contributed by atoms with E-state index < -0.39 is 29.6 Å². The van der Waals surface area contributed by atoms with E-state index in [9.17, 15) is 18.8 Å². The number of halogens is 1. The fourth-order valence-electron chi connectivity index (χ4n) is 2.76. The van der Waals surface area contributed by atoms with Crippen molar-refractivity contribution < 1.29 is 23.5 Å². The summed E-state index contributed by atoms with van der Waals surface area (Å²) in [6.45, 7) is 1.15. The van der Waals surface area contributed by atoms with Gasteiger partial charge in [-0.3, -0.25) is 25.2 Å². The third-order valence-electron chi connectivity index (χ3n) is 4.48. The molecule has 3 N–H and O–H groups in total. The van der Waals surface area contributed by atoms with Crippen LogP contribution >= 0.6 is 0 Å². The van der Waals surface area contributed by atoms with Crippen LogP contribution in [0, 0.1) is 5.82 Å². The van der Waals surface area contributed by atoms with E-state index in [2.05, 4.69) is 16.2 Å². The first-order chi connectivity index (χ1) is 15.4. The van der Waals surface area contributed by atoms with Gasteiger partial charge in [-0.25, -0.2) is 4.39 Å². The molecule has 0 radical (unpaired) electrons. The highest BCUT2D eigenvalue weighted by Gasteiger charge is 2.16. The Morgan fingerprint density at radius 3 is 2.12 bits per heavy atom. The second-order valence-corrected chi connectivity index (χ2v) is 6.88. The lowest BCUT2D eigenvalue weighted by atomic mass is 10.0. The third-order valence-corrected chi connectivity index (χ3v) is 4.48. The van der Waals surface area contributed by atoms with Gasteiger partial charge in [0.1, 0.15) is 11.6 Å². The van der Waals surface area contributed by atoms with Crippen LogP contribution < -0.4 is 20.9 Å². The first-order valence-electron chi connectivity index (χ1n) is 9.87. The number of hydrogen-bond acceptors (Lipinski definition) is 4. The number of carbonyl (C=O) groups is 3. The van der Waals surface area contributed by atoms with Gasteiger partial charge in [-0.1, -0.05) is 42.5 Å². The Kier molecular flexibility index (Phi) is 7.53. The molecular formula is C24H22FN3O4. The summed E-state index contributed by atoms with van der Waals surface area (Å²) in [6.07, 6.45) is -0.932. The predicted molar refractivity (Wildman–Crippen MR) is 117 cm³/mol. The van der Waals surface area contributed by atoms with Gasteiger partial charge in [0.15, 0.2) is 6.10 Å². The van der Waals surface area contributed by atoms with Crippen LogP contribution in [-0.4, -0.2) is 30.4 Å². The molecular weight excluding hydrogens is 413 g/mol.